The number of fused-ring (bicyclic) bond motifs is 10. The van der Waals surface area contributed by atoms with Gasteiger partial charge in [0.15, 0.2) is 0 Å². The molecule has 11 rings (SSSR count). The topological polar surface area (TPSA) is 3.24 Å². The Hall–Kier alpha value is -7.22. The minimum Gasteiger partial charge on any atom is -0.310 e. The largest absolute Gasteiger partial charge is 0.310 e. The lowest BCUT2D eigenvalue weighted by Crippen LogP contribution is -2.10. The smallest absolute Gasteiger partial charge is 0.0468 e. The van der Waals surface area contributed by atoms with E-state index in [9.17, 15) is 0 Å². The zero-order chi connectivity index (χ0) is 36.3. The van der Waals surface area contributed by atoms with Crippen molar-refractivity contribution in [1.29, 1.82) is 0 Å². The lowest BCUT2D eigenvalue weighted by Gasteiger charge is -2.27. The molecule has 0 bridgehead atoms. The molecule has 0 heterocycles. The zero-order valence-corrected chi connectivity index (χ0v) is 30.2. The van der Waals surface area contributed by atoms with Crippen molar-refractivity contribution in [2.75, 3.05) is 4.90 Å². The van der Waals surface area contributed by atoms with Crippen LogP contribution in [0.4, 0.5) is 17.1 Å². The summed E-state index contributed by atoms with van der Waals surface area (Å²) >= 11 is 0. The number of hydrogen-bond donors (Lipinski definition) is 0. The molecule has 0 N–H and O–H groups in total. The highest BCUT2D eigenvalue weighted by Gasteiger charge is 2.17. The third-order valence-corrected chi connectivity index (χ3v) is 11.4. The van der Waals surface area contributed by atoms with Gasteiger partial charge in [-0.25, -0.2) is 0 Å². The van der Waals surface area contributed by atoms with Gasteiger partial charge in [0, 0.05) is 17.1 Å². The van der Waals surface area contributed by atoms with Crippen molar-refractivity contribution in [3.63, 3.8) is 0 Å². The third kappa shape index (κ3) is 5.32. The van der Waals surface area contributed by atoms with Crippen LogP contribution in [0, 0.1) is 0 Å². The molecule has 55 heavy (non-hydrogen) atoms. The number of anilines is 3. The predicted octanol–water partition coefficient (Wildman–Crippen LogP) is 15.4. The number of benzene rings is 11. The molecule has 0 aliphatic rings. The first-order valence-corrected chi connectivity index (χ1v) is 19.0. The highest BCUT2D eigenvalue weighted by Crippen LogP contribution is 2.42. The van der Waals surface area contributed by atoms with E-state index in [1.54, 1.807) is 0 Å². The summed E-state index contributed by atoms with van der Waals surface area (Å²) < 4.78 is 0. The van der Waals surface area contributed by atoms with Gasteiger partial charge in [0.2, 0.25) is 0 Å². The third-order valence-electron chi connectivity index (χ3n) is 11.4. The van der Waals surface area contributed by atoms with Gasteiger partial charge in [-0.2, -0.15) is 0 Å². The maximum Gasteiger partial charge on any atom is 0.0468 e. The molecule has 0 aromatic heterocycles. The quantitative estimate of drug-likeness (QED) is 0.162. The fourth-order valence-corrected chi connectivity index (χ4v) is 8.67. The summed E-state index contributed by atoms with van der Waals surface area (Å²) in [7, 11) is 0. The van der Waals surface area contributed by atoms with Crippen LogP contribution in [0.2, 0.25) is 0 Å². The molecule has 0 aliphatic carbocycles. The minimum atomic E-state index is 1.11. The lowest BCUT2D eigenvalue weighted by atomic mass is 9.94. The molecule has 0 aliphatic heterocycles. The van der Waals surface area contributed by atoms with Crippen molar-refractivity contribution < 1.29 is 0 Å². The molecule has 0 unspecified atom stereocenters. The van der Waals surface area contributed by atoms with Gasteiger partial charge in [0.25, 0.3) is 0 Å². The van der Waals surface area contributed by atoms with Gasteiger partial charge in [-0.3, -0.25) is 0 Å². The van der Waals surface area contributed by atoms with Gasteiger partial charge in [-0.05, 0) is 135 Å². The predicted molar refractivity (Wildman–Crippen MR) is 237 cm³/mol. The molecule has 0 radical (unpaired) electrons. The Morgan fingerprint density at radius 2 is 0.655 bits per heavy atom. The van der Waals surface area contributed by atoms with E-state index in [0.717, 1.165) is 17.1 Å². The van der Waals surface area contributed by atoms with Gasteiger partial charge in [-0.1, -0.05) is 164 Å². The number of hydrogen-bond acceptors (Lipinski definition) is 1. The van der Waals surface area contributed by atoms with Crippen LogP contribution >= 0.6 is 0 Å². The van der Waals surface area contributed by atoms with E-state index in [0.29, 0.717) is 0 Å². The van der Waals surface area contributed by atoms with E-state index in [1.165, 1.54) is 86.9 Å². The Kier molecular flexibility index (Phi) is 7.25. The Labute approximate surface area is 320 Å². The second-order valence-electron chi connectivity index (χ2n) is 14.5. The zero-order valence-electron chi connectivity index (χ0n) is 30.2. The highest BCUT2D eigenvalue weighted by molar-refractivity contribution is 6.25. The Morgan fingerprint density at radius 3 is 1.42 bits per heavy atom. The summed E-state index contributed by atoms with van der Waals surface area (Å²) in [5, 5.41) is 15.2. The molecular weight excluding hydrogens is 663 g/mol. The van der Waals surface area contributed by atoms with Crippen molar-refractivity contribution in [3.8, 4) is 22.3 Å². The van der Waals surface area contributed by atoms with E-state index in [1.807, 2.05) is 0 Å². The van der Waals surface area contributed by atoms with Gasteiger partial charge in [0.1, 0.15) is 0 Å². The molecule has 11 aromatic carbocycles. The van der Waals surface area contributed by atoms with Gasteiger partial charge < -0.3 is 4.90 Å². The molecule has 1 nitrogen and oxygen atoms in total. The van der Waals surface area contributed by atoms with Gasteiger partial charge >= 0.3 is 0 Å². The fourth-order valence-electron chi connectivity index (χ4n) is 8.67. The first kappa shape index (κ1) is 31.3. The van der Waals surface area contributed by atoms with Crippen molar-refractivity contribution in [2.45, 2.75) is 0 Å². The Balaban J connectivity index is 1.07. The van der Waals surface area contributed by atoms with Crippen LogP contribution < -0.4 is 4.90 Å². The molecule has 0 fully saturated rings. The number of rotatable bonds is 5. The summed E-state index contributed by atoms with van der Waals surface area (Å²) in [6.45, 7) is 0. The van der Waals surface area contributed by atoms with Crippen molar-refractivity contribution in [1.82, 2.24) is 0 Å². The van der Waals surface area contributed by atoms with Crippen molar-refractivity contribution in [3.05, 3.63) is 212 Å². The molecule has 0 amide bonds. The Morgan fingerprint density at radius 1 is 0.200 bits per heavy atom. The second kappa shape index (κ2) is 12.7. The summed E-state index contributed by atoms with van der Waals surface area (Å²) in [4.78, 5) is 2.41. The van der Waals surface area contributed by atoms with Crippen LogP contribution in [0.25, 0.3) is 86.9 Å². The molecule has 0 saturated carbocycles. The monoisotopic (exact) mass is 697 g/mol. The first-order valence-electron chi connectivity index (χ1n) is 19.0. The lowest BCUT2D eigenvalue weighted by molar-refractivity contribution is 1.29. The van der Waals surface area contributed by atoms with Crippen LogP contribution in [0.15, 0.2) is 212 Å². The standard InChI is InChI=1S/C54H35N/c1-2-12-39-32-42(22-20-36(39)10-1)40-13-9-14-45(34-40)55(46-29-31-53-51-18-6-5-16-49(51)50-17-7-8-19-52(50)54(53)35-46)44-27-24-37(25-28-44)41-26-30-48-43(33-41)23-21-38-11-3-4-15-47(38)48/h1-35H. The molecule has 0 atom stereocenters. The van der Waals surface area contributed by atoms with Crippen molar-refractivity contribution >= 4 is 81.7 Å². The molecule has 1 heteroatoms. The minimum absolute atomic E-state index is 1.11. The number of nitrogens with zero attached hydrogens (tertiary/aromatic N) is 1. The molecule has 256 valence electrons. The molecule has 0 spiro atoms. The first-order chi connectivity index (χ1) is 27.2. The average molecular weight is 698 g/mol. The summed E-state index contributed by atoms with van der Waals surface area (Å²) in [5.41, 5.74) is 8.13. The summed E-state index contributed by atoms with van der Waals surface area (Å²) in [6.07, 6.45) is 0. The molecule has 0 saturated heterocycles. The molecule has 11 aromatic rings. The summed E-state index contributed by atoms with van der Waals surface area (Å²) in [6, 6.07) is 77.9. The fraction of sp³-hybridized carbons (Fsp3) is 0. The van der Waals surface area contributed by atoms with Crippen LogP contribution in [-0.2, 0) is 0 Å². The van der Waals surface area contributed by atoms with E-state index in [2.05, 4.69) is 217 Å². The second-order valence-corrected chi connectivity index (χ2v) is 14.5. The van der Waals surface area contributed by atoms with Crippen LogP contribution in [0.5, 0.6) is 0 Å². The maximum atomic E-state index is 2.41. The van der Waals surface area contributed by atoms with Crippen molar-refractivity contribution in [2.24, 2.45) is 0 Å². The van der Waals surface area contributed by atoms with Crippen LogP contribution in [0.1, 0.15) is 0 Å². The Bertz CT molecular complexity index is 3230. The van der Waals surface area contributed by atoms with E-state index in [-0.39, 0.29) is 0 Å². The maximum absolute atomic E-state index is 2.41. The SMILES string of the molecule is c1cc(-c2ccc3ccccc3c2)cc(N(c2ccc(-c3ccc4c(ccc5ccccc54)c3)cc2)c2ccc3c4ccccc4c4ccccc4c3c2)c1. The highest BCUT2D eigenvalue weighted by atomic mass is 15.1. The summed E-state index contributed by atoms with van der Waals surface area (Å²) in [5.74, 6) is 0. The van der Waals surface area contributed by atoms with Gasteiger partial charge in [-0.15, -0.1) is 0 Å². The van der Waals surface area contributed by atoms with Crippen LogP contribution in [0.3, 0.4) is 0 Å². The van der Waals surface area contributed by atoms with Crippen LogP contribution in [-0.4, -0.2) is 0 Å². The van der Waals surface area contributed by atoms with E-state index < -0.39 is 0 Å². The van der Waals surface area contributed by atoms with Gasteiger partial charge in [0.05, 0.1) is 0 Å². The molecular formula is C54H35N. The van der Waals surface area contributed by atoms with E-state index >= 15 is 0 Å². The van der Waals surface area contributed by atoms with E-state index in [4.69, 9.17) is 0 Å². The average Bonchev–Trinajstić information content (AvgIpc) is 3.26. The normalized spacial score (nSPS) is 11.6.